The van der Waals surface area contributed by atoms with E-state index in [1.807, 2.05) is 0 Å². The first-order chi connectivity index (χ1) is 7.24. The normalized spacial score (nSPS) is 19.1. The summed E-state index contributed by atoms with van der Waals surface area (Å²) < 4.78 is 4.84. The highest BCUT2D eigenvalue weighted by atomic mass is 16.7. The van der Waals surface area contributed by atoms with Gasteiger partial charge in [-0.2, -0.15) is 0 Å². The quantitative estimate of drug-likeness (QED) is 0.628. The maximum atomic E-state index is 11.4. The number of hydrogen-bond acceptors (Lipinski definition) is 4. The van der Waals surface area contributed by atoms with E-state index in [0.29, 0.717) is 13.0 Å². The van der Waals surface area contributed by atoms with E-state index in [1.165, 1.54) is 12.8 Å². The molecule has 5 nitrogen and oxygen atoms in total. The summed E-state index contributed by atoms with van der Waals surface area (Å²) in [6.45, 7) is 0.484. The number of hydroxylamine groups is 1. The Labute approximate surface area is 90.3 Å². The van der Waals surface area contributed by atoms with E-state index in [2.05, 4.69) is 5.48 Å². The topological polar surface area (TPSA) is 73.6 Å². The van der Waals surface area contributed by atoms with Crippen LogP contribution in [0.25, 0.3) is 0 Å². The number of nitrogens with two attached hydrogens (primary N) is 1. The van der Waals surface area contributed by atoms with Crippen LogP contribution in [0.3, 0.4) is 0 Å². The van der Waals surface area contributed by atoms with Crippen molar-refractivity contribution in [3.8, 4) is 0 Å². The van der Waals surface area contributed by atoms with E-state index < -0.39 is 6.04 Å². The van der Waals surface area contributed by atoms with Crippen molar-refractivity contribution in [2.24, 2.45) is 5.73 Å². The average Bonchev–Trinajstić information content (AvgIpc) is 2.75. The third kappa shape index (κ3) is 4.59. The van der Waals surface area contributed by atoms with Gasteiger partial charge in [0.1, 0.15) is 0 Å². The van der Waals surface area contributed by atoms with Crippen LogP contribution in [0.2, 0.25) is 0 Å². The van der Waals surface area contributed by atoms with Crippen molar-refractivity contribution in [3.05, 3.63) is 0 Å². The molecule has 1 unspecified atom stereocenters. The van der Waals surface area contributed by atoms with Gasteiger partial charge >= 0.3 is 0 Å². The van der Waals surface area contributed by atoms with Gasteiger partial charge in [0.25, 0.3) is 5.91 Å². The standard InChI is InChI=1S/C10H20N2O3/c1-14-7-6-9(11)10(13)12-15-8-4-2-3-5-8/h8-9H,2-7,11H2,1H3,(H,12,13). The molecule has 0 aromatic heterocycles. The maximum Gasteiger partial charge on any atom is 0.260 e. The number of hydrogen-bond donors (Lipinski definition) is 2. The highest BCUT2D eigenvalue weighted by molar-refractivity contribution is 5.80. The zero-order chi connectivity index (χ0) is 11.1. The molecule has 1 aliphatic rings. The Balaban J connectivity index is 2.11. The maximum absolute atomic E-state index is 11.4. The number of carbonyl (C=O) groups excluding carboxylic acids is 1. The van der Waals surface area contributed by atoms with Crippen LogP contribution in [0.15, 0.2) is 0 Å². The lowest BCUT2D eigenvalue weighted by Gasteiger charge is -2.14. The van der Waals surface area contributed by atoms with Crippen molar-refractivity contribution in [1.82, 2.24) is 5.48 Å². The summed E-state index contributed by atoms with van der Waals surface area (Å²) >= 11 is 0. The summed E-state index contributed by atoms with van der Waals surface area (Å²) in [5.74, 6) is -0.265. The van der Waals surface area contributed by atoms with Gasteiger partial charge < -0.3 is 10.5 Å². The minimum absolute atomic E-state index is 0.170. The molecule has 5 heteroatoms. The van der Waals surface area contributed by atoms with Crippen molar-refractivity contribution in [2.45, 2.75) is 44.2 Å². The molecule has 1 amide bonds. The van der Waals surface area contributed by atoms with Gasteiger partial charge in [-0.1, -0.05) is 12.8 Å². The van der Waals surface area contributed by atoms with Crippen LogP contribution in [-0.2, 0) is 14.4 Å². The number of rotatable bonds is 6. The predicted molar refractivity (Wildman–Crippen MR) is 56.0 cm³/mol. The third-order valence-electron chi connectivity index (χ3n) is 2.60. The molecular formula is C10H20N2O3. The molecule has 3 N–H and O–H groups in total. The highest BCUT2D eigenvalue weighted by Crippen LogP contribution is 2.19. The van der Waals surface area contributed by atoms with E-state index in [1.54, 1.807) is 7.11 Å². The molecule has 1 rings (SSSR count). The monoisotopic (exact) mass is 216 g/mol. The first-order valence-corrected chi connectivity index (χ1v) is 5.44. The molecule has 0 aromatic rings. The largest absolute Gasteiger partial charge is 0.385 e. The van der Waals surface area contributed by atoms with E-state index in [9.17, 15) is 4.79 Å². The molecule has 0 radical (unpaired) electrons. The smallest absolute Gasteiger partial charge is 0.260 e. The Morgan fingerprint density at radius 3 is 2.80 bits per heavy atom. The number of nitrogens with one attached hydrogen (secondary N) is 1. The second-order valence-corrected chi connectivity index (χ2v) is 3.88. The number of amides is 1. The van der Waals surface area contributed by atoms with Crippen LogP contribution in [-0.4, -0.2) is 31.8 Å². The first kappa shape index (κ1) is 12.4. The Kier molecular flexibility index (Phi) is 5.60. The lowest BCUT2D eigenvalue weighted by atomic mass is 10.2. The molecule has 1 aliphatic carbocycles. The van der Waals surface area contributed by atoms with Gasteiger partial charge in [-0.15, -0.1) is 0 Å². The SMILES string of the molecule is COCCC(N)C(=O)NOC1CCCC1. The zero-order valence-corrected chi connectivity index (χ0v) is 9.20. The van der Waals surface area contributed by atoms with Gasteiger partial charge in [0.15, 0.2) is 0 Å². The predicted octanol–water partition coefficient (Wildman–Crippen LogP) is 0.341. The van der Waals surface area contributed by atoms with Crippen LogP contribution in [0.1, 0.15) is 32.1 Å². The third-order valence-corrected chi connectivity index (χ3v) is 2.60. The molecule has 0 aliphatic heterocycles. The minimum atomic E-state index is -0.550. The number of ether oxygens (including phenoxy) is 1. The van der Waals surface area contributed by atoms with E-state index in [4.69, 9.17) is 15.3 Å². The van der Waals surface area contributed by atoms with Crippen LogP contribution in [0.4, 0.5) is 0 Å². The summed E-state index contributed by atoms with van der Waals surface area (Å²) in [4.78, 5) is 16.6. The Morgan fingerprint density at radius 1 is 1.53 bits per heavy atom. The van der Waals surface area contributed by atoms with Gasteiger partial charge in [0.05, 0.1) is 12.1 Å². The molecule has 0 bridgehead atoms. The van der Waals surface area contributed by atoms with Crippen molar-refractivity contribution in [3.63, 3.8) is 0 Å². The fraction of sp³-hybridized carbons (Fsp3) is 0.900. The van der Waals surface area contributed by atoms with E-state index in [0.717, 1.165) is 12.8 Å². The van der Waals surface area contributed by atoms with Gasteiger partial charge in [0, 0.05) is 13.7 Å². The fourth-order valence-electron chi connectivity index (χ4n) is 1.60. The van der Waals surface area contributed by atoms with E-state index >= 15 is 0 Å². The van der Waals surface area contributed by atoms with Crippen LogP contribution >= 0.6 is 0 Å². The highest BCUT2D eigenvalue weighted by Gasteiger charge is 2.19. The Bertz CT molecular complexity index is 193. The second-order valence-electron chi connectivity index (χ2n) is 3.88. The molecular weight excluding hydrogens is 196 g/mol. The summed E-state index contributed by atoms with van der Waals surface area (Å²) in [6.07, 6.45) is 5.08. The van der Waals surface area contributed by atoms with Crippen molar-refractivity contribution >= 4 is 5.91 Å². The summed E-state index contributed by atoms with van der Waals surface area (Å²) in [7, 11) is 1.58. The molecule has 0 aromatic carbocycles. The van der Waals surface area contributed by atoms with Crippen molar-refractivity contribution in [1.29, 1.82) is 0 Å². The van der Waals surface area contributed by atoms with Crippen molar-refractivity contribution < 1.29 is 14.4 Å². The molecule has 1 saturated carbocycles. The first-order valence-electron chi connectivity index (χ1n) is 5.44. The lowest BCUT2D eigenvalue weighted by Crippen LogP contribution is -2.42. The molecule has 0 spiro atoms. The molecule has 1 atom stereocenters. The van der Waals surface area contributed by atoms with Crippen LogP contribution < -0.4 is 11.2 Å². The Morgan fingerprint density at radius 2 is 2.20 bits per heavy atom. The van der Waals surface area contributed by atoms with Gasteiger partial charge in [0.2, 0.25) is 0 Å². The number of carbonyl (C=O) groups is 1. The molecule has 88 valence electrons. The number of methoxy groups -OCH3 is 1. The van der Waals surface area contributed by atoms with Crippen LogP contribution in [0.5, 0.6) is 0 Å². The minimum Gasteiger partial charge on any atom is -0.385 e. The van der Waals surface area contributed by atoms with Crippen molar-refractivity contribution in [2.75, 3.05) is 13.7 Å². The lowest BCUT2D eigenvalue weighted by molar-refractivity contribution is -0.139. The van der Waals surface area contributed by atoms with Gasteiger partial charge in [-0.25, -0.2) is 5.48 Å². The zero-order valence-electron chi connectivity index (χ0n) is 9.20. The molecule has 0 heterocycles. The summed E-state index contributed by atoms with van der Waals surface area (Å²) in [5.41, 5.74) is 8.03. The van der Waals surface area contributed by atoms with E-state index in [-0.39, 0.29) is 12.0 Å². The fourth-order valence-corrected chi connectivity index (χ4v) is 1.60. The molecule has 15 heavy (non-hydrogen) atoms. The van der Waals surface area contributed by atoms with Crippen LogP contribution in [0, 0.1) is 0 Å². The molecule has 0 saturated heterocycles. The summed E-state index contributed by atoms with van der Waals surface area (Å²) in [5, 5.41) is 0. The summed E-state index contributed by atoms with van der Waals surface area (Å²) in [6, 6.07) is -0.550. The van der Waals surface area contributed by atoms with Gasteiger partial charge in [-0.05, 0) is 19.3 Å². The Hall–Kier alpha value is -0.650. The van der Waals surface area contributed by atoms with Gasteiger partial charge in [-0.3, -0.25) is 9.63 Å². The molecule has 1 fully saturated rings. The average molecular weight is 216 g/mol. The second kappa shape index (κ2) is 6.76.